The van der Waals surface area contributed by atoms with Crippen molar-refractivity contribution in [2.24, 2.45) is 5.41 Å². The molecule has 0 saturated carbocycles. The van der Waals surface area contributed by atoms with E-state index >= 15 is 0 Å². The van der Waals surface area contributed by atoms with Gasteiger partial charge in [-0.05, 0) is 56.3 Å². The van der Waals surface area contributed by atoms with Crippen molar-refractivity contribution < 1.29 is 1.43 Å². The van der Waals surface area contributed by atoms with E-state index in [1.807, 2.05) is 19.2 Å². The van der Waals surface area contributed by atoms with Crippen molar-refractivity contribution in [3.05, 3.63) is 41.3 Å². The third-order valence-electron chi connectivity index (χ3n) is 3.70. The lowest BCUT2D eigenvalue weighted by Crippen LogP contribution is -2.28. The standard InChI is InChI=1S/C14H20N2.H2/c1-3-14(9-10-15-2)11-16-13-8-6-4-5-7-12(13)14;/h5-8,15-16H,3,9-11H2,1-2H3;1H. The fraction of sp³-hybridized carbons (Fsp3) is 0.500. The van der Waals surface area contributed by atoms with Crippen LogP contribution in [0.25, 0.3) is 0 Å². The van der Waals surface area contributed by atoms with Crippen LogP contribution in [0, 0.1) is 5.41 Å². The summed E-state index contributed by atoms with van der Waals surface area (Å²) < 4.78 is 0. The predicted octanol–water partition coefficient (Wildman–Crippen LogP) is 2.38. The van der Waals surface area contributed by atoms with Gasteiger partial charge in [-0.1, -0.05) is 6.92 Å². The van der Waals surface area contributed by atoms with Crippen molar-refractivity contribution in [2.75, 3.05) is 20.1 Å². The Kier molecular flexibility index (Phi) is 3.33. The summed E-state index contributed by atoms with van der Waals surface area (Å²) in [5, 5.41) is 6.78. The summed E-state index contributed by atoms with van der Waals surface area (Å²) in [6.45, 7) is 4.41. The predicted molar refractivity (Wildman–Crippen MR) is 70.2 cm³/mol. The molecule has 0 amide bonds. The molecule has 1 heterocycles. The van der Waals surface area contributed by atoms with Gasteiger partial charge in [-0.25, -0.2) is 0 Å². The molecule has 1 atom stereocenters. The number of allylic oxidation sites excluding steroid dienone is 4. The number of rotatable bonds is 4. The van der Waals surface area contributed by atoms with E-state index in [0.717, 1.165) is 13.1 Å². The number of hydrogen-bond donors (Lipinski definition) is 2. The van der Waals surface area contributed by atoms with Gasteiger partial charge in [0.25, 0.3) is 0 Å². The van der Waals surface area contributed by atoms with Gasteiger partial charge >= 0.3 is 0 Å². The molecule has 1 fully saturated rings. The molecule has 1 unspecified atom stereocenters. The summed E-state index contributed by atoms with van der Waals surface area (Å²) in [5.41, 5.74) is 6.16. The first-order valence-electron chi connectivity index (χ1n) is 6.05. The molecule has 2 heteroatoms. The summed E-state index contributed by atoms with van der Waals surface area (Å²) in [5.74, 6) is 0. The van der Waals surface area contributed by atoms with Gasteiger partial charge < -0.3 is 10.6 Å². The first kappa shape index (κ1) is 11.3. The fourth-order valence-electron chi connectivity index (χ4n) is 2.55. The molecular formula is C14H22N2. The van der Waals surface area contributed by atoms with E-state index in [0.29, 0.717) is 5.41 Å². The molecule has 2 N–H and O–H groups in total. The van der Waals surface area contributed by atoms with Gasteiger partial charge in [-0.3, -0.25) is 0 Å². The van der Waals surface area contributed by atoms with E-state index in [2.05, 4.69) is 35.4 Å². The second kappa shape index (κ2) is 4.73. The summed E-state index contributed by atoms with van der Waals surface area (Å²) in [6, 6.07) is 0. The minimum absolute atomic E-state index is 0. The molecule has 0 radical (unpaired) electrons. The lowest BCUT2D eigenvalue weighted by molar-refractivity contribution is 0.342. The Morgan fingerprint density at radius 2 is 2.31 bits per heavy atom. The Hall–Kier alpha value is -1.24. The molecule has 0 aromatic carbocycles. The number of hydrogen-bond acceptors (Lipinski definition) is 2. The summed E-state index contributed by atoms with van der Waals surface area (Å²) >= 11 is 0. The van der Waals surface area contributed by atoms with E-state index < -0.39 is 0 Å². The maximum absolute atomic E-state index is 3.52. The van der Waals surface area contributed by atoms with E-state index in [9.17, 15) is 0 Å². The van der Waals surface area contributed by atoms with E-state index in [1.54, 1.807) is 0 Å². The first-order valence-corrected chi connectivity index (χ1v) is 6.05. The molecule has 2 aliphatic rings. The second-order valence-electron chi connectivity index (χ2n) is 4.50. The zero-order valence-corrected chi connectivity index (χ0v) is 10.1. The van der Waals surface area contributed by atoms with Crippen LogP contribution >= 0.6 is 0 Å². The lowest BCUT2D eigenvalue weighted by Gasteiger charge is -2.28. The highest BCUT2D eigenvalue weighted by atomic mass is 15.0. The molecule has 2 rings (SSSR count). The van der Waals surface area contributed by atoms with Gasteiger partial charge in [0.05, 0.1) is 0 Å². The minimum atomic E-state index is 0. The zero-order valence-electron chi connectivity index (χ0n) is 10.1. The quantitative estimate of drug-likeness (QED) is 0.708. The van der Waals surface area contributed by atoms with Gasteiger partial charge in [0.15, 0.2) is 0 Å². The summed E-state index contributed by atoms with van der Waals surface area (Å²) in [4.78, 5) is 0. The van der Waals surface area contributed by atoms with Crippen LogP contribution in [0.5, 0.6) is 0 Å². The lowest BCUT2D eigenvalue weighted by atomic mass is 9.76. The Balaban J connectivity index is 0.00000144. The highest BCUT2D eigenvalue weighted by Crippen LogP contribution is 2.42. The average molecular weight is 218 g/mol. The van der Waals surface area contributed by atoms with Crippen molar-refractivity contribution in [3.8, 4) is 0 Å². The van der Waals surface area contributed by atoms with Gasteiger partial charge in [0.2, 0.25) is 0 Å². The Bertz CT molecular complexity index is 389. The van der Waals surface area contributed by atoms with Crippen LogP contribution in [0.4, 0.5) is 0 Å². The van der Waals surface area contributed by atoms with Crippen molar-refractivity contribution >= 4 is 0 Å². The zero-order chi connectivity index (χ0) is 11.4. The van der Waals surface area contributed by atoms with Gasteiger partial charge in [0.1, 0.15) is 0 Å². The topological polar surface area (TPSA) is 24.1 Å². The molecule has 0 aromatic heterocycles. The minimum Gasteiger partial charge on any atom is -0.384 e. The monoisotopic (exact) mass is 218 g/mol. The summed E-state index contributed by atoms with van der Waals surface area (Å²) in [6.07, 6.45) is 10.7. The SMILES string of the molecule is CCC1(CCNC)CNC2=CC=C=CC=C21.[HH]. The highest BCUT2D eigenvalue weighted by Gasteiger charge is 2.38. The molecule has 1 aliphatic heterocycles. The van der Waals surface area contributed by atoms with Crippen molar-refractivity contribution in [1.82, 2.24) is 10.6 Å². The Morgan fingerprint density at radius 1 is 1.50 bits per heavy atom. The molecule has 0 aromatic rings. The van der Waals surface area contributed by atoms with Crippen LogP contribution < -0.4 is 10.6 Å². The number of nitrogens with one attached hydrogen (secondary N) is 2. The van der Waals surface area contributed by atoms with Gasteiger partial charge in [0, 0.05) is 19.1 Å². The molecule has 0 bridgehead atoms. The van der Waals surface area contributed by atoms with Crippen LogP contribution in [-0.2, 0) is 0 Å². The van der Waals surface area contributed by atoms with Gasteiger partial charge in [-0.15, -0.1) is 5.73 Å². The Morgan fingerprint density at radius 3 is 3.06 bits per heavy atom. The van der Waals surface area contributed by atoms with Crippen molar-refractivity contribution in [1.29, 1.82) is 0 Å². The van der Waals surface area contributed by atoms with Crippen LogP contribution in [-0.4, -0.2) is 20.1 Å². The van der Waals surface area contributed by atoms with Crippen molar-refractivity contribution in [3.63, 3.8) is 0 Å². The molecule has 1 aliphatic carbocycles. The van der Waals surface area contributed by atoms with Crippen LogP contribution in [0.15, 0.2) is 41.3 Å². The molecule has 16 heavy (non-hydrogen) atoms. The van der Waals surface area contributed by atoms with E-state index in [-0.39, 0.29) is 1.43 Å². The van der Waals surface area contributed by atoms with E-state index in [4.69, 9.17) is 0 Å². The number of fused-ring (bicyclic) bond motifs is 1. The molecule has 0 spiro atoms. The fourth-order valence-corrected chi connectivity index (χ4v) is 2.55. The Labute approximate surface area is 99.3 Å². The third kappa shape index (κ3) is 1.87. The maximum atomic E-state index is 3.52. The van der Waals surface area contributed by atoms with Gasteiger partial charge in [-0.2, -0.15) is 0 Å². The largest absolute Gasteiger partial charge is 0.384 e. The molecule has 2 nitrogen and oxygen atoms in total. The molecule has 1 saturated heterocycles. The normalized spacial score (nSPS) is 26.9. The van der Waals surface area contributed by atoms with Crippen LogP contribution in [0.3, 0.4) is 0 Å². The molecule has 88 valence electrons. The van der Waals surface area contributed by atoms with Crippen LogP contribution in [0.1, 0.15) is 21.2 Å². The van der Waals surface area contributed by atoms with Crippen LogP contribution in [0.2, 0.25) is 0 Å². The average Bonchev–Trinajstić information content (AvgIpc) is 2.51. The second-order valence-corrected chi connectivity index (χ2v) is 4.50. The summed E-state index contributed by atoms with van der Waals surface area (Å²) in [7, 11) is 2.02. The highest BCUT2D eigenvalue weighted by molar-refractivity contribution is 5.45. The molecular weight excluding hydrogens is 196 g/mol. The third-order valence-corrected chi connectivity index (χ3v) is 3.70. The van der Waals surface area contributed by atoms with E-state index in [1.165, 1.54) is 24.1 Å². The van der Waals surface area contributed by atoms with Crippen molar-refractivity contribution in [2.45, 2.75) is 19.8 Å². The smallest absolute Gasteiger partial charge is 0.0385 e. The first-order chi connectivity index (χ1) is 7.82. The maximum Gasteiger partial charge on any atom is 0.0385 e.